The molecule has 0 unspecified atom stereocenters. The third kappa shape index (κ3) is 1.19. The molecule has 0 aliphatic heterocycles. The normalized spacial score (nSPS) is 16.3. The second-order valence-corrected chi connectivity index (χ2v) is 4.24. The third-order valence-electron chi connectivity index (χ3n) is 3.36. The van der Waals surface area contributed by atoms with Gasteiger partial charge in [0.2, 0.25) is 0 Å². The van der Waals surface area contributed by atoms with Crippen LogP contribution in [0.25, 0.3) is 11.0 Å². The highest BCUT2D eigenvalue weighted by atomic mass is 16.5. The van der Waals surface area contributed by atoms with Crippen LogP contribution in [0.5, 0.6) is 5.75 Å². The van der Waals surface area contributed by atoms with E-state index in [-0.39, 0.29) is 5.69 Å². The van der Waals surface area contributed by atoms with Crippen molar-refractivity contribution in [3.05, 3.63) is 28.7 Å². The maximum absolute atomic E-state index is 11.9. The number of fused-ring (bicyclic) bond motifs is 1. The van der Waals surface area contributed by atoms with E-state index in [1.54, 1.807) is 7.11 Å². The van der Waals surface area contributed by atoms with Gasteiger partial charge < -0.3 is 9.72 Å². The summed E-state index contributed by atoms with van der Waals surface area (Å²) in [4.78, 5) is 14.8. The molecule has 1 heterocycles. The van der Waals surface area contributed by atoms with Crippen LogP contribution < -0.4 is 10.4 Å². The Morgan fingerprint density at radius 2 is 2.25 bits per heavy atom. The van der Waals surface area contributed by atoms with Gasteiger partial charge in [0.25, 0.3) is 0 Å². The highest BCUT2D eigenvalue weighted by Crippen LogP contribution is 2.35. The fraction of sp³-hybridized carbons (Fsp3) is 0.417. The molecule has 0 bridgehead atoms. The van der Waals surface area contributed by atoms with Gasteiger partial charge in [0.05, 0.1) is 12.6 Å². The molecule has 1 aliphatic carbocycles. The van der Waals surface area contributed by atoms with Gasteiger partial charge in [0, 0.05) is 6.04 Å². The first-order valence-electron chi connectivity index (χ1n) is 5.58. The monoisotopic (exact) mass is 218 g/mol. The minimum absolute atomic E-state index is 0.0239. The SMILES string of the molecule is COc1cccc2[nH]c(=O)n(C3CCC3)c12. The van der Waals surface area contributed by atoms with Gasteiger partial charge in [-0.3, -0.25) is 4.57 Å². The Bertz CT molecular complexity index is 578. The molecule has 0 spiro atoms. The second-order valence-electron chi connectivity index (χ2n) is 4.24. The number of nitrogens with zero attached hydrogens (tertiary/aromatic N) is 1. The molecule has 1 N–H and O–H groups in total. The average Bonchev–Trinajstić information content (AvgIpc) is 2.53. The van der Waals surface area contributed by atoms with E-state index in [0.29, 0.717) is 6.04 Å². The number of imidazole rings is 1. The summed E-state index contributed by atoms with van der Waals surface area (Å²) < 4.78 is 7.17. The molecule has 0 atom stereocenters. The number of para-hydroxylation sites is 1. The number of nitrogens with one attached hydrogen (secondary N) is 1. The van der Waals surface area contributed by atoms with E-state index in [2.05, 4.69) is 4.98 Å². The fourth-order valence-electron chi connectivity index (χ4n) is 2.31. The van der Waals surface area contributed by atoms with Crippen LogP contribution >= 0.6 is 0 Å². The zero-order valence-electron chi connectivity index (χ0n) is 9.19. The number of rotatable bonds is 2. The molecule has 4 heteroatoms. The maximum Gasteiger partial charge on any atom is 0.326 e. The highest BCUT2D eigenvalue weighted by Gasteiger charge is 2.24. The standard InChI is InChI=1S/C12H14N2O2/c1-16-10-7-3-6-9-11(10)14(12(15)13-9)8-4-2-5-8/h3,6-8H,2,4-5H2,1H3,(H,13,15). The van der Waals surface area contributed by atoms with E-state index in [1.165, 1.54) is 6.42 Å². The van der Waals surface area contributed by atoms with E-state index in [4.69, 9.17) is 4.74 Å². The van der Waals surface area contributed by atoms with Crippen LogP contribution in [-0.4, -0.2) is 16.7 Å². The first-order valence-corrected chi connectivity index (χ1v) is 5.58. The van der Waals surface area contributed by atoms with E-state index < -0.39 is 0 Å². The van der Waals surface area contributed by atoms with Crippen LogP contribution in [-0.2, 0) is 0 Å². The number of benzene rings is 1. The minimum atomic E-state index is -0.0239. The Morgan fingerprint density at radius 3 is 2.88 bits per heavy atom. The number of aromatic nitrogens is 2. The quantitative estimate of drug-likeness (QED) is 0.838. The van der Waals surface area contributed by atoms with Crippen LogP contribution in [0.1, 0.15) is 25.3 Å². The van der Waals surface area contributed by atoms with Gasteiger partial charge in [0.1, 0.15) is 11.3 Å². The Labute approximate surface area is 92.8 Å². The predicted molar refractivity (Wildman–Crippen MR) is 62.0 cm³/mol. The first-order chi connectivity index (χ1) is 7.81. The molecule has 1 fully saturated rings. The molecule has 2 aromatic rings. The van der Waals surface area contributed by atoms with Crippen LogP contribution in [0, 0.1) is 0 Å². The van der Waals surface area contributed by atoms with Gasteiger partial charge >= 0.3 is 5.69 Å². The Hall–Kier alpha value is -1.71. The Morgan fingerprint density at radius 1 is 1.44 bits per heavy atom. The number of hydrogen-bond donors (Lipinski definition) is 1. The van der Waals surface area contributed by atoms with Gasteiger partial charge in [0.15, 0.2) is 0 Å². The van der Waals surface area contributed by atoms with Crippen LogP contribution in [0.4, 0.5) is 0 Å². The Kier molecular flexibility index (Phi) is 2.02. The topological polar surface area (TPSA) is 47.0 Å². The van der Waals surface area contributed by atoms with Gasteiger partial charge in [-0.1, -0.05) is 6.07 Å². The molecule has 3 rings (SSSR count). The van der Waals surface area contributed by atoms with Crippen LogP contribution in [0.3, 0.4) is 0 Å². The summed E-state index contributed by atoms with van der Waals surface area (Å²) in [6, 6.07) is 6.04. The van der Waals surface area contributed by atoms with E-state index in [0.717, 1.165) is 29.6 Å². The van der Waals surface area contributed by atoms with Crippen LogP contribution in [0.15, 0.2) is 23.0 Å². The van der Waals surface area contributed by atoms with Crippen molar-refractivity contribution in [3.63, 3.8) is 0 Å². The minimum Gasteiger partial charge on any atom is -0.494 e. The third-order valence-corrected chi connectivity index (χ3v) is 3.36. The van der Waals surface area contributed by atoms with Crippen molar-refractivity contribution in [2.75, 3.05) is 7.11 Å². The number of aromatic amines is 1. The van der Waals surface area contributed by atoms with Gasteiger partial charge in [-0.15, -0.1) is 0 Å². The zero-order valence-corrected chi connectivity index (χ0v) is 9.19. The lowest BCUT2D eigenvalue weighted by molar-refractivity contribution is 0.311. The summed E-state index contributed by atoms with van der Waals surface area (Å²) in [7, 11) is 1.64. The molecule has 0 saturated heterocycles. The van der Waals surface area contributed by atoms with E-state index in [9.17, 15) is 4.79 Å². The molecule has 1 aromatic carbocycles. The summed E-state index contributed by atoms with van der Waals surface area (Å²) in [5, 5.41) is 0. The van der Waals surface area contributed by atoms with Crippen molar-refractivity contribution in [2.45, 2.75) is 25.3 Å². The summed E-state index contributed by atoms with van der Waals surface area (Å²) >= 11 is 0. The van der Waals surface area contributed by atoms with Crippen molar-refractivity contribution >= 4 is 11.0 Å². The molecule has 0 amide bonds. The zero-order chi connectivity index (χ0) is 11.1. The van der Waals surface area contributed by atoms with Crippen LogP contribution in [0.2, 0.25) is 0 Å². The molecule has 4 nitrogen and oxygen atoms in total. The molecule has 16 heavy (non-hydrogen) atoms. The summed E-state index contributed by atoms with van der Waals surface area (Å²) in [6.45, 7) is 0. The predicted octanol–water partition coefficient (Wildman–Crippen LogP) is 2.06. The average molecular weight is 218 g/mol. The van der Waals surface area contributed by atoms with Crippen molar-refractivity contribution in [1.82, 2.24) is 9.55 Å². The van der Waals surface area contributed by atoms with Crippen molar-refractivity contribution in [2.24, 2.45) is 0 Å². The van der Waals surface area contributed by atoms with Gasteiger partial charge in [-0.05, 0) is 31.4 Å². The van der Waals surface area contributed by atoms with Crippen molar-refractivity contribution in [1.29, 1.82) is 0 Å². The Balaban J connectivity index is 2.32. The fourth-order valence-corrected chi connectivity index (χ4v) is 2.31. The lowest BCUT2D eigenvalue weighted by Crippen LogP contribution is -2.26. The molecular weight excluding hydrogens is 204 g/mol. The van der Waals surface area contributed by atoms with Gasteiger partial charge in [-0.2, -0.15) is 0 Å². The van der Waals surface area contributed by atoms with Crippen molar-refractivity contribution < 1.29 is 4.74 Å². The number of hydrogen-bond acceptors (Lipinski definition) is 2. The molecule has 0 radical (unpaired) electrons. The second kappa shape index (κ2) is 3.40. The van der Waals surface area contributed by atoms with Crippen molar-refractivity contribution in [3.8, 4) is 5.75 Å². The summed E-state index contributed by atoms with van der Waals surface area (Å²) in [6.07, 6.45) is 3.38. The lowest BCUT2D eigenvalue weighted by atomic mass is 9.93. The smallest absolute Gasteiger partial charge is 0.326 e. The lowest BCUT2D eigenvalue weighted by Gasteiger charge is -2.26. The number of ether oxygens (including phenoxy) is 1. The number of H-pyrrole nitrogens is 1. The highest BCUT2D eigenvalue weighted by molar-refractivity contribution is 5.82. The largest absolute Gasteiger partial charge is 0.494 e. The maximum atomic E-state index is 11.9. The molecule has 1 aromatic heterocycles. The summed E-state index contributed by atoms with van der Waals surface area (Å²) in [5.74, 6) is 0.766. The molecule has 84 valence electrons. The first kappa shape index (κ1) is 9.51. The van der Waals surface area contributed by atoms with E-state index >= 15 is 0 Å². The number of methoxy groups -OCH3 is 1. The van der Waals surface area contributed by atoms with E-state index in [1.807, 2.05) is 22.8 Å². The molecular formula is C12H14N2O2. The summed E-state index contributed by atoms with van der Waals surface area (Å²) in [5.41, 5.74) is 1.74. The van der Waals surface area contributed by atoms with Gasteiger partial charge in [-0.25, -0.2) is 4.79 Å². The molecule has 1 saturated carbocycles. The molecule has 1 aliphatic rings.